The van der Waals surface area contributed by atoms with Crippen molar-refractivity contribution in [1.29, 1.82) is 5.26 Å². The Labute approximate surface area is 96.4 Å². The zero-order valence-electron chi connectivity index (χ0n) is 9.71. The summed E-state index contributed by atoms with van der Waals surface area (Å²) in [5, 5.41) is 12.1. The number of ether oxygens (including phenoxy) is 1. The van der Waals surface area contributed by atoms with Crippen LogP contribution in [-0.4, -0.2) is 13.7 Å². The number of benzene rings is 1. The molecule has 84 valence electrons. The van der Waals surface area contributed by atoms with Crippen molar-refractivity contribution in [2.75, 3.05) is 13.7 Å². The van der Waals surface area contributed by atoms with Gasteiger partial charge < -0.3 is 10.1 Å². The summed E-state index contributed by atoms with van der Waals surface area (Å²) in [7, 11) is 1.57. The Kier molecular flexibility index (Phi) is 4.56. The molecule has 0 saturated carbocycles. The minimum Gasteiger partial charge on any atom is -0.495 e. The van der Waals surface area contributed by atoms with Crippen molar-refractivity contribution in [3.8, 4) is 11.8 Å². The fourth-order valence-corrected chi connectivity index (χ4v) is 1.36. The molecule has 0 aliphatic heterocycles. The number of nitrogens with zero attached hydrogens (tertiary/aromatic N) is 1. The van der Waals surface area contributed by atoms with Gasteiger partial charge in [-0.05, 0) is 24.6 Å². The first kappa shape index (κ1) is 12.3. The van der Waals surface area contributed by atoms with Crippen LogP contribution in [0.2, 0.25) is 0 Å². The van der Waals surface area contributed by atoms with Gasteiger partial charge in [-0.25, -0.2) is 0 Å². The van der Waals surface area contributed by atoms with E-state index in [9.17, 15) is 0 Å². The van der Waals surface area contributed by atoms with Gasteiger partial charge in [0.15, 0.2) is 0 Å². The molecule has 0 amide bonds. The van der Waals surface area contributed by atoms with Gasteiger partial charge >= 0.3 is 0 Å². The van der Waals surface area contributed by atoms with Gasteiger partial charge in [0.25, 0.3) is 0 Å². The Morgan fingerprint density at radius 2 is 2.31 bits per heavy atom. The van der Waals surface area contributed by atoms with Crippen LogP contribution < -0.4 is 10.1 Å². The fourth-order valence-electron chi connectivity index (χ4n) is 1.36. The van der Waals surface area contributed by atoms with Crippen LogP contribution >= 0.6 is 0 Å². The van der Waals surface area contributed by atoms with E-state index in [0.717, 1.165) is 24.2 Å². The van der Waals surface area contributed by atoms with E-state index in [1.807, 2.05) is 19.1 Å². The van der Waals surface area contributed by atoms with Gasteiger partial charge in [0.05, 0.1) is 12.7 Å². The van der Waals surface area contributed by atoms with Crippen LogP contribution in [0, 0.1) is 11.3 Å². The SMILES string of the molecule is C=C(C)CNCc1ccc(C#N)c(OC)c1. The zero-order chi connectivity index (χ0) is 12.0. The van der Waals surface area contributed by atoms with Crippen molar-refractivity contribution in [2.45, 2.75) is 13.5 Å². The topological polar surface area (TPSA) is 45.0 Å². The molecular weight excluding hydrogens is 200 g/mol. The van der Waals surface area contributed by atoms with Gasteiger partial charge in [0.1, 0.15) is 11.8 Å². The molecule has 0 aliphatic rings. The van der Waals surface area contributed by atoms with Crippen LogP contribution in [0.3, 0.4) is 0 Å². The molecule has 0 spiro atoms. The summed E-state index contributed by atoms with van der Waals surface area (Å²) in [4.78, 5) is 0. The van der Waals surface area contributed by atoms with E-state index in [2.05, 4.69) is 18.0 Å². The Bertz CT molecular complexity index is 418. The van der Waals surface area contributed by atoms with Gasteiger partial charge in [-0.2, -0.15) is 5.26 Å². The normalized spacial score (nSPS) is 9.56. The molecule has 0 fully saturated rings. The molecule has 0 bridgehead atoms. The zero-order valence-corrected chi connectivity index (χ0v) is 9.71. The van der Waals surface area contributed by atoms with Gasteiger partial charge in [0.2, 0.25) is 0 Å². The van der Waals surface area contributed by atoms with Gasteiger partial charge in [-0.1, -0.05) is 18.2 Å². The van der Waals surface area contributed by atoms with Crippen LogP contribution in [0.4, 0.5) is 0 Å². The highest BCUT2D eigenvalue weighted by molar-refractivity contribution is 5.45. The summed E-state index contributed by atoms with van der Waals surface area (Å²) in [6.45, 7) is 7.33. The number of hydrogen-bond donors (Lipinski definition) is 1. The molecule has 0 aromatic heterocycles. The summed E-state index contributed by atoms with van der Waals surface area (Å²) in [6.07, 6.45) is 0. The molecule has 16 heavy (non-hydrogen) atoms. The highest BCUT2D eigenvalue weighted by atomic mass is 16.5. The summed E-state index contributed by atoms with van der Waals surface area (Å²) in [5.74, 6) is 0.622. The summed E-state index contributed by atoms with van der Waals surface area (Å²) < 4.78 is 5.14. The number of hydrogen-bond acceptors (Lipinski definition) is 3. The summed E-state index contributed by atoms with van der Waals surface area (Å²) in [6, 6.07) is 7.66. The Morgan fingerprint density at radius 3 is 2.88 bits per heavy atom. The molecule has 0 atom stereocenters. The number of nitrogens with one attached hydrogen (secondary N) is 1. The van der Waals surface area contributed by atoms with Crippen molar-refractivity contribution in [2.24, 2.45) is 0 Å². The maximum atomic E-state index is 8.83. The molecular formula is C13H16N2O. The van der Waals surface area contributed by atoms with Crippen LogP contribution in [0.15, 0.2) is 30.4 Å². The van der Waals surface area contributed by atoms with Crippen molar-refractivity contribution < 1.29 is 4.74 Å². The second kappa shape index (κ2) is 5.94. The fraction of sp³-hybridized carbons (Fsp3) is 0.308. The highest BCUT2D eigenvalue weighted by Gasteiger charge is 2.03. The van der Waals surface area contributed by atoms with Gasteiger partial charge in [-0.3, -0.25) is 0 Å². The smallest absolute Gasteiger partial charge is 0.136 e. The molecule has 1 aromatic rings. The van der Waals surface area contributed by atoms with Crippen LogP contribution in [0.25, 0.3) is 0 Å². The average molecular weight is 216 g/mol. The lowest BCUT2D eigenvalue weighted by atomic mass is 10.1. The molecule has 0 heterocycles. The first-order valence-corrected chi connectivity index (χ1v) is 5.09. The third-order valence-electron chi connectivity index (χ3n) is 2.14. The van der Waals surface area contributed by atoms with E-state index in [1.165, 1.54) is 0 Å². The monoisotopic (exact) mass is 216 g/mol. The Balaban J connectivity index is 2.69. The highest BCUT2D eigenvalue weighted by Crippen LogP contribution is 2.18. The number of nitriles is 1. The largest absolute Gasteiger partial charge is 0.495 e. The molecule has 3 heteroatoms. The average Bonchev–Trinajstić information content (AvgIpc) is 2.28. The third kappa shape index (κ3) is 3.41. The molecule has 0 aliphatic carbocycles. The quantitative estimate of drug-likeness (QED) is 0.768. The molecule has 1 rings (SSSR count). The van der Waals surface area contributed by atoms with Crippen molar-refractivity contribution in [3.05, 3.63) is 41.5 Å². The first-order valence-electron chi connectivity index (χ1n) is 5.09. The lowest BCUT2D eigenvalue weighted by Gasteiger charge is -2.07. The maximum absolute atomic E-state index is 8.83. The molecule has 0 unspecified atom stereocenters. The van der Waals surface area contributed by atoms with E-state index in [1.54, 1.807) is 13.2 Å². The number of methoxy groups -OCH3 is 1. The summed E-state index contributed by atoms with van der Waals surface area (Å²) in [5.41, 5.74) is 2.75. The molecule has 1 aromatic carbocycles. The van der Waals surface area contributed by atoms with Crippen molar-refractivity contribution >= 4 is 0 Å². The molecule has 0 radical (unpaired) electrons. The number of rotatable bonds is 5. The van der Waals surface area contributed by atoms with Crippen molar-refractivity contribution in [3.63, 3.8) is 0 Å². The predicted molar refractivity (Wildman–Crippen MR) is 64.2 cm³/mol. The lowest BCUT2D eigenvalue weighted by Crippen LogP contribution is -2.15. The van der Waals surface area contributed by atoms with E-state index < -0.39 is 0 Å². The van der Waals surface area contributed by atoms with Crippen LogP contribution in [0.5, 0.6) is 5.75 Å². The minimum atomic E-state index is 0.561. The molecule has 0 saturated heterocycles. The second-order valence-corrected chi connectivity index (χ2v) is 3.71. The summed E-state index contributed by atoms with van der Waals surface area (Å²) >= 11 is 0. The predicted octanol–water partition coefficient (Wildman–Crippen LogP) is 2.23. The van der Waals surface area contributed by atoms with Crippen LogP contribution in [0.1, 0.15) is 18.1 Å². The van der Waals surface area contributed by atoms with Crippen LogP contribution in [-0.2, 0) is 6.54 Å². The van der Waals surface area contributed by atoms with Gasteiger partial charge in [0, 0.05) is 13.1 Å². The van der Waals surface area contributed by atoms with Crippen molar-refractivity contribution in [1.82, 2.24) is 5.32 Å². The lowest BCUT2D eigenvalue weighted by molar-refractivity contribution is 0.413. The van der Waals surface area contributed by atoms with Gasteiger partial charge in [-0.15, -0.1) is 0 Å². The Hall–Kier alpha value is -1.79. The second-order valence-electron chi connectivity index (χ2n) is 3.71. The van der Waals surface area contributed by atoms with E-state index in [0.29, 0.717) is 11.3 Å². The molecule has 3 nitrogen and oxygen atoms in total. The minimum absolute atomic E-state index is 0.561. The molecule has 1 N–H and O–H groups in total. The van der Waals surface area contributed by atoms with E-state index in [-0.39, 0.29) is 0 Å². The first-order chi connectivity index (χ1) is 7.67. The third-order valence-corrected chi connectivity index (χ3v) is 2.14. The Morgan fingerprint density at radius 1 is 1.56 bits per heavy atom. The standard InChI is InChI=1S/C13H16N2O/c1-10(2)8-15-9-11-4-5-12(7-14)13(6-11)16-3/h4-6,15H,1,8-9H2,2-3H3. The maximum Gasteiger partial charge on any atom is 0.136 e. The van der Waals surface area contributed by atoms with E-state index in [4.69, 9.17) is 10.00 Å². The van der Waals surface area contributed by atoms with E-state index >= 15 is 0 Å².